The van der Waals surface area contributed by atoms with Crippen molar-refractivity contribution in [3.8, 4) is 0 Å². The molecule has 76 valence electrons. The van der Waals surface area contributed by atoms with Crippen LogP contribution in [0.15, 0.2) is 18.2 Å². The van der Waals surface area contributed by atoms with Crippen LogP contribution in [0.25, 0.3) is 0 Å². The SMILES string of the molecule is CON(C)C(=O)c1ccc(I)c(C)c1. The average Bonchev–Trinajstić information content (AvgIpc) is 2.20. The van der Waals surface area contributed by atoms with Crippen molar-refractivity contribution in [2.45, 2.75) is 6.92 Å². The van der Waals surface area contributed by atoms with E-state index in [9.17, 15) is 4.79 Å². The zero-order valence-corrected chi connectivity index (χ0v) is 10.5. The quantitative estimate of drug-likeness (QED) is 0.619. The number of nitrogens with zero attached hydrogens (tertiary/aromatic N) is 1. The summed E-state index contributed by atoms with van der Waals surface area (Å²) in [4.78, 5) is 16.5. The van der Waals surface area contributed by atoms with Crippen LogP contribution in [0.4, 0.5) is 0 Å². The fourth-order valence-electron chi connectivity index (χ4n) is 1.04. The van der Waals surface area contributed by atoms with Gasteiger partial charge in [-0.2, -0.15) is 0 Å². The Morgan fingerprint density at radius 1 is 1.50 bits per heavy atom. The Morgan fingerprint density at radius 3 is 2.64 bits per heavy atom. The van der Waals surface area contributed by atoms with E-state index in [1.165, 1.54) is 12.2 Å². The molecule has 0 aliphatic heterocycles. The highest BCUT2D eigenvalue weighted by atomic mass is 127. The number of hydroxylamine groups is 2. The molecule has 0 fully saturated rings. The van der Waals surface area contributed by atoms with Gasteiger partial charge in [-0.05, 0) is 53.3 Å². The first-order valence-corrected chi connectivity index (χ1v) is 5.22. The Kier molecular flexibility index (Phi) is 3.88. The van der Waals surface area contributed by atoms with Crippen molar-refractivity contribution in [2.75, 3.05) is 14.2 Å². The van der Waals surface area contributed by atoms with Gasteiger partial charge in [-0.15, -0.1) is 0 Å². The molecular weight excluding hydrogens is 293 g/mol. The maximum absolute atomic E-state index is 11.6. The predicted molar refractivity (Wildman–Crippen MR) is 63.0 cm³/mol. The van der Waals surface area contributed by atoms with Gasteiger partial charge in [0.25, 0.3) is 5.91 Å². The monoisotopic (exact) mass is 305 g/mol. The highest BCUT2D eigenvalue weighted by molar-refractivity contribution is 14.1. The van der Waals surface area contributed by atoms with Gasteiger partial charge >= 0.3 is 0 Å². The summed E-state index contributed by atoms with van der Waals surface area (Å²) in [6, 6.07) is 5.58. The van der Waals surface area contributed by atoms with Crippen molar-refractivity contribution in [3.63, 3.8) is 0 Å². The number of aryl methyl sites for hydroxylation is 1. The van der Waals surface area contributed by atoms with E-state index >= 15 is 0 Å². The number of amides is 1. The van der Waals surface area contributed by atoms with Gasteiger partial charge in [0, 0.05) is 16.2 Å². The van der Waals surface area contributed by atoms with E-state index in [2.05, 4.69) is 22.6 Å². The smallest absolute Gasteiger partial charge is 0.274 e. The van der Waals surface area contributed by atoms with Crippen LogP contribution >= 0.6 is 22.6 Å². The van der Waals surface area contributed by atoms with E-state index in [1.54, 1.807) is 13.1 Å². The second-order valence-corrected chi connectivity index (χ2v) is 4.11. The molecule has 14 heavy (non-hydrogen) atoms. The van der Waals surface area contributed by atoms with Crippen molar-refractivity contribution >= 4 is 28.5 Å². The van der Waals surface area contributed by atoms with Gasteiger partial charge in [0.15, 0.2) is 0 Å². The van der Waals surface area contributed by atoms with Crippen LogP contribution in [-0.2, 0) is 4.84 Å². The van der Waals surface area contributed by atoms with Crippen molar-refractivity contribution < 1.29 is 9.63 Å². The van der Waals surface area contributed by atoms with E-state index < -0.39 is 0 Å². The second-order valence-electron chi connectivity index (χ2n) is 2.95. The molecule has 0 aliphatic carbocycles. The molecule has 4 heteroatoms. The normalized spacial score (nSPS) is 10.0. The van der Waals surface area contributed by atoms with Gasteiger partial charge in [0.2, 0.25) is 0 Å². The van der Waals surface area contributed by atoms with Crippen LogP contribution in [-0.4, -0.2) is 25.1 Å². The van der Waals surface area contributed by atoms with E-state index in [-0.39, 0.29) is 5.91 Å². The summed E-state index contributed by atoms with van der Waals surface area (Å²) in [6.07, 6.45) is 0. The summed E-state index contributed by atoms with van der Waals surface area (Å²) in [5, 5.41) is 1.21. The lowest BCUT2D eigenvalue weighted by Gasteiger charge is -2.13. The van der Waals surface area contributed by atoms with Crippen LogP contribution in [0, 0.1) is 10.5 Å². The minimum absolute atomic E-state index is 0.132. The van der Waals surface area contributed by atoms with Crippen LogP contribution in [0.2, 0.25) is 0 Å². The Hall–Kier alpha value is -0.620. The summed E-state index contributed by atoms with van der Waals surface area (Å²) in [7, 11) is 3.06. The van der Waals surface area contributed by atoms with Crippen LogP contribution in [0.3, 0.4) is 0 Å². The molecule has 0 aromatic heterocycles. The molecular formula is C10H12INO2. The first-order valence-electron chi connectivity index (χ1n) is 4.14. The zero-order chi connectivity index (χ0) is 10.7. The third-order valence-corrected chi connectivity index (χ3v) is 3.18. The van der Waals surface area contributed by atoms with Crippen molar-refractivity contribution in [3.05, 3.63) is 32.9 Å². The molecule has 0 aliphatic rings. The Bertz CT molecular complexity index is 352. The van der Waals surface area contributed by atoms with E-state index in [0.29, 0.717) is 5.56 Å². The molecule has 1 amide bonds. The molecule has 1 aromatic rings. The number of carbonyl (C=O) groups excluding carboxylic acids is 1. The fourth-order valence-corrected chi connectivity index (χ4v) is 1.38. The minimum Gasteiger partial charge on any atom is -0.274 e. The lowest BCUT2D eigenvalue weighted by atomic mass is 10.1. The topological polar surface area (TPSA) is 29.5 Å². The van der Waals surface area contributed by atoms with Crippen molar-refractivity contribution in [1.29, 1.82) is 0 Å². The van der Waals surface area contributed by atoms with Gasteiger partial charge in [-0.25, -0.2) is 5.06 Å². The van der Waals surface area contributed by atoms with E-state index in [1.807, 2.05) is 19.1 Å². The number of rotatable bonds is 2. The van der Waals surface area contributed by atoms with Crippen LogP contribution < -0.4 is 0 Å². The first kappa shape index (κ1) is 11.5. The Balaban J connectivity index is 2.97. The molecule has 0 saturated carbocycles. The largest absolute Gasteiger partial charge is 0.277 e. The summed E-state index contributed by atoms with van der Waals surface area (Å²) in [5.74, 6) is -0.132. The number of halogens is 1. The van der Waals surface area contributed by atoms with Gasteiger partial charge in [0.1, 0.15) is 0 Å². The maximum atomic E-state index is 11.6. The summed E-state index contributed by atoms with van der Waals surface area (Å²) >= 11 is 2.23. The molecule has 1 rings (SSSR count). The number of benzene rings is 1. The first-order chi connectivity index (χ1) is 6.56. The zero-order valence-electron chi connectivity index (χ0n) is 8.37. The molecule has 3 nitrogen and oxygen atoms in total. The van der Waals surface area contributed by atoms with Gasteiger partial charge in [0.05, 0.1) is 7.11 Å². The van der Waals surface area contributed by atoms with Gasteiger partial charge in [-0.3, -0.25) is 9.63 Å². The third-order valence-electron chi connectivity index (χ3n) is 1.96. The van der Waals surface area contributed by atoms with E-state index in [0.717, 1.165) is 9.13 Å². The van der Waals surface area contributed by atoms with Gasteiger partial charge in [-0.1, -0.05) is 0 Å². The molecule has 0 spiro atoms. The molecule has 0 saturated heterocycles. The van der Waals surface area contributed by atoms with Crippen molar-refractivity contribution in [1.82, 2.24) is 5.06 Å². The van der Waals surface area contributed by atoms with Crippen LogP contribution in [0.5, 0.6) is 0 Å². The minimum atomic E-state index is -0.132. The number of carbonyl (C=O) groups is 1. The molecule has 0 atom stereocenters. The summed E-state index contributed by atoms with van der Waals surface area (Å²) < 4.78 is 1.15. The second kappa shape index (κ2) is 4.75. The molecule has 0 heterocycles. The summed E-state index contributed by atoms with van der Waals surface area (Å²) in [6.45, 7) is 1.98. The molecule has 0 unspecified atom stereocenters. The number of hydrogen-bond acceptors (Lipinski definition) is 2. The maximum Gasteiger partial charge on any atom is 0.277 e. The van der Waals surface area contributed by atoms with E-state index in [4.69, 9.17) is 4.84 Å². The predicted octanol–water partition coefficient (Wildman–Crippen LogP) is 2.23. The molecule has 0 N–H and O–H groups in total. The van der Waals surface area contributed by atoms with Crippen molar-refractivity contribution in [2.24, 2.45) is 0 Å². The third kappa shape index (κ3) is 2.45. The Labute approximate surface area is 97.1 Å². The fraction of sp³-hybridized carbons (Fsp3) is 0.300. The Morgan fingerprint density at radius 2 is 2.14 bits per heavy atom. The lowest BCUT2D eigenvalue weighted by Crippen LogP contribution is -2.25. The molecule has 0 radical (unpaired) electrons. The lowest BCUT2D eigenvalue weighted by molar-refractivity contribution is -0.0757. The highest BCUT2D eigenvalue weighted by Gasteiger charge is 2.11. The average molecular weight is 305 g/mol. The standard InChI is InChI=1S/C10H12INO2/c1-7-6-8(4-5-9(7)11)10(13)12(2)14-3/h4-6H,1-3H3. The number of hydrogen-bond donors (Lipinski definition) is 0. The van der Waals surface area contributed by atoms with Gasteiger partial charge < -0.3 is 0 Å². The molecule has 1 aromatic carbocycles. The summed E-state index contributed by atoms with van der Waals surface area (Å²) in [5.41, 5.74) is 1.74. The highest BCUT2D eigenvalue weighted by Crippen LogP contribution is 2.14. The van der Waals surface area contributed by atoms with Crippen LogP contribution in [0.1, 0.15) is 15.9 Å². The molecule has 0 bridgehead atoms.